The van der Waals surface area contributed by atoms with Crippen LogP contribution in [0.2, 0.25) is 0 Å². The lowest BCUT2D eigenvalue weighted by atomic mass is 9.87. The van der Waals surface area contributed by atoms with Crippen LogP contribution >= 0.6 is 0 Å². The lowest BCUT2D eigenvalue weighted by Gasteiger charge is -2.37. The van der Waals surface area contributed by atoms with Crippen LogP contribution in [0.5, 0.6) is 0 Å². The van der Waals surface area contributed by atoms with Gasteiger partial charge >= 0.3 is 6.09 Å². The zero-order chi connectivity index (χ0) is 29.8. The molecule has 8 heteroatoms. The van der Waals surface area contributed by atoms with E-state index in [0.29, 0.717) is 30.6 Å². The van der Waals surface area contributed by atoms with Crippen LogP contribution in [-0.4, -0.2) is 52.0 Å². The van der Waals surface area contributed by atoms with Crippen molar-refractivity contribution in [1.82, 2.24) is 15.2 Å². The molecule has 1 aliphatic heterocycles. The van der Waals surface area contributed by atoms with Crippen molar-refractivity contribution in [2.24, 2.45) is 0 Å². The van der Waals surface area contributed by atoms with E-state index in [4.69, 9.17) is 4.74 Å². The second-order valence-corrected chi connectivity index (χ2v) is 13.4. The van der Waals surface area contributed by atoms with Gasteiger partial charge in [0.25, 0.3) is 5.91 Å². The number of nitrogens with one attached hydrogen (secondary N) is 1. The molecule has 1 saturated carbocycles. The third kappa shape index (κ3) is 7.66. The summed E-state index contributed by atoms with van der Waals surface area (Å²) in [5.41, 5.74) is 1.58. The lowest BCUT2D eigenvalue weighted by Crippen LogP contribution is -2.53. The third-order valence-electron chi connectivity index (χ3n) is 7.87. The van der Waals surface area contributed by atoms with Gasteiger partial charge in [-0.15, -0.1) is 0 Å². The average molecular weight is 563 g/mol. The molecule has 222 valence electrons. The van der Waals surface area contributed by atoms with Gasteiger partial charge in [0.05, 0.1) is 0 Å². The van der Waals surface area contributed by atoms with Crippen molar-refractivity contribution in [3.63, 3.8) is 0 Å². The van der Waals surface area contributed by atoms with Crippen LogP contribution in [0.3, 0.4) is 0 Å². The number of aromatic nitrogens is 1. The SMILES string of the molecule is CC(C)(C)OC(=O)N1CCCC1C(=O)N(c1ccc(C(C)(C)C)cc1)C(C(=O)NC1CCCCC1)c1cccnc1. The summed E-state index contributed by atoms with van der Waals surface area (Å²) in [4.78, 5) is 49.3. The quantitative estimate of drug-likeness (QED) is 0.446. The molecule has 0 radical (unpaired) electrons. The van der Waals surface area contributed by atoms with Crippen molar-refractivity contribution in [2.45, 2.75) is 116 Å². The number of carbonyl (C=O) groups excluding carboxylic acids is 3. The summed E-state index contributed by atoms with van der Waals surface area (Å²) in [7, 11) is 0. The van der Waals surface area contributed by atoms with Gasteiger partial charge in [0.2, 0.25) is 5.91 Å². The molecule has 0 bridgehead atoms. The molecule has 1 saturated heterocycles. The molecule has 3 amide bonds. The van der Waals surface area contributed by atoms with E-state index in [-0.39, 0.29) is 23.3 Å². The molecule has 2 unspecified atom stereocenters. The first-order valence-electron chi connectivity index (χ1n) is 15.0. The van der Waals surface area contributed by atoms with Crippen molar-refractivity contribution < 1.29 is 19.1 Å². The number of nitrogens with zero attached hydrogens (tertiary/aromatic N) is 3. The fraction of sp³-hybridized carbons (Fsp3) is 0.576. The Bertz CT molecular complexity index is 1190. The van der Waals surface area contributed by atoms with Crippen molar-refractivity contribution in [1.29, 1.82) is 0 Å². The number of hydrogen-bond acceptors (Lipinski definition) is 5. The van der Waals surface area contributed by atoms with E-state index in [9.17, 15) is 14.4 Å². The van der Waals surface area contributed by atoms with E-state index in [1.165, 1.54) is 11.3 Å². The minimum atomic E-state index is -0.945. The Labute approximate surface area is 244 Å². The molecule has 1 aliphatic carbocycles. The second-order valence-electron chi connectivity index (χ2n) is 13.4. The zero-order valence-electron chi connectivity index (χ0n) is 25.5. The van der Waals surface area contributed by atoms with Gasteiger partial charge in [-0.1, -0.05) is 58.2 Å². The summed E-state index contributed by atoms with van der Waals surface area (Å²) in [6.45, 7) is 12.3. The minimum absolute atomic E-state index is 0.0698. The van der Waals surface area contributed by atoms with Gasteiger partial charge in [0.15, 0.2) is 0 Å². The minimum Gasteiger partial charge on any atom is -0.444 e. The van der Waals surface area contributed by atoms with E-state index >= 15 is 0 Å². The van der Waals surface area contributed by atoms with Gasteiger partial charge in [-0.25, -0.2) is 4.79 Å². The van der Waals surface area contributed by atoms with E-state index in [0.717, 1.165) is 31.2 Å². The van der Waals surface area contributed by atoms with Crippen molar-refractivity contribution in [3.8, 4) is 0 Å². The molecule has 1 N–H and O–H groups in total. The maximum atomic E-state index is 14.6. The molecule has 1 aromatic carbocycles. The predicted octanol–water partition coefficient (Wildman–Crippen LogP) is 6.30. The Kier molecular flexibility index (Phi) is 9.40. The Balaban J connectivity index is 1.77. The molecule has 0 spiro atoms. The molecule has 2 aliphatic rings. The Hall–Kier alpha value is -3.42. The molecule has 2 aromatic rings. The van der Waals surface area contributed by atoms with Crippen LogP contribution in [0.4, 0.5) is 10.5 Å². The average Bonchev–Trinajstić information content (AvgIpc) is 3.41. The number of pyridine rings is 1. The normalized spacial score (nSPS) is 19.0. The van der Waals surface area contributed by atoms with Crippen LogP contribution in [0, 0.1) is 0 Å². The fourth-order valence-electron chi connectivity index (χ4n) is 5.73. The molecular weight excluding hydrogens is 516 g/mol. The first kappa shape index (κ1) is 30.5. The number of rotatable bonds is 6. The van der Waals surface area contributed by atoms with Gasteiger partial charge in [0, 0.05) is 36.2 Å². The molecular formula is C33H46N4O4. The lowest BCUT2D eigenvalue weighted by molar-refractivity contribution is -0.129. The standard InChI is InChI=1S/C33H46N4O4/c1-32(2,3)24-16-18-26(19-17-24)37(30(39)27-15-11-21-36(27)31(40)41-33(4,5)6)28(23-12-10-20-34-22-23)29(38)35-25-13-8-7-9-14-25/h10,12,16-20,22,25,27-28H,7-9,11,13-15,21H2,1-6H3,(H,35,38). The van der Waals surface area contributed by atoms with Crippen LogP contribution in [-0.2, 0) is 19.7 Å². The van der Waals surface area contributed by atoms with E-state index in [1.54, 1.807) is 23.4 Å². The van der Waals surface area contributed by atoms with E-state index in [2.05, 4.69) is 31.1 Å². The summed E-state index contributed by atoms with van der Waals surface area (Å²) in [5.74, 6) is -0.538. The summed E-state index contributed by atoms with van der Waals surface area (Å²) in [6, 6.07) is 9.83. The zero-order valence-corrected chi connectivity index (χ0v) is 25.5. The molecule has 2 fully saturated rings. The van der Waals surface area contributed by atoms with Crippen LogP contribution in [0.15, 0.2) is 48.8 Å². The second kappa shape index (κ2) is 12.6. The highest BCUT2D eigenvalue weighted by atomic mass is 16.6. The summed E-state index contributed by atoms with van der Waals surface area (Å²) in [5, 5.41) is 3.25. The third-order valence-corrected chi connectivity index (χ3v) is 7.87. The summed E-state index contributed by atoms with van der Waals surface area (Å²) in [6.07, 6.45) is 9.14. The predicted molar refractivity (Wildman–Crippen MR) is 161 cm³/mol. The summed E-state index contributed by atoms with van der Waals surface area (Å²) < 4.78 is 5.66. The largest absolute Gasteiger partial charge is 0.444 e. The number of carbonyl (C=O) groups is 3. The Morgan fingerprint density at radius 1 is 0.951 bits per heavy atom. The highest BCUT2D eigenvalue weighted by Crippen LogP contribution is 2.34. The maximum absolute atomic E-state index is 14.6. The molecule has 1 aromatic heterocycles. The number of likely N-dealkylation sites (tertiary alicyclic amines) is 1. The molecule has 4 rings (SSSR count). The Morgan fingerprint density at radius 3 is 2.22 bits per heavy atom. The molecule has 41 heavy (non-hydrogen) atoms. The maximum Gasteiger partial charge on any atom is 0.410 e. The smallest absolute Gasteiger partial charge is 0.410 e. The highest BCUT2D eigenvalue weighted by Gasteiger charge is 2.43. The van der Waals surface area contributed by atoms with Crippen molar-refractivity contribution in [2.75, 3.05) is 11.4 Å². The molecule has 2 atom stereocenters. The topological polar surface area (TPSA) is 91.8 Å². The van der Waals surface area contributed by atoms with Crippen LogP contribution in [0.25, 0.3) is 0 Å². The number of benzene rings is 1. The van der Waals surface area contributed by atoms with Gasteiger partial charge in [0.1, 0.15) is 17.7 Å². The molecule has 2 heterocycles. The van der Waals surface area contributed by atoms with Gasteiger partial charge in [-0.05, 0) is 75.6 Å². The van der Waals surface area contributed by atoms with Gasteiger partial charge in [-0.2, -0.15) is 0 Å². The van der Waals surface area contributed by atoms with Gasteiger partial charge in [-0.3, -0.25) is 24.4 Å². The van der Waals surface area contributed by atoms with Gasteiger partial charge < -0.3 is 10.1 Å². The van der Waals surface area contributed by atoms with E-state index in [1.807, 2.05) is 51.1 Å². The van der Waals surface area contributed by atoms with Crippen LogP contribution < -0.4 is 10.2 Å². The van der Waals surface area contributed by atoms with Crippen molar-refractivity contribution in [3.05, 3.63) is 59.9 Å². The number of ether oxygens (including phenoxy) is 1. The number of hydrogen-bond donors (Lipinski definition) is 1. The number of amides is 3. The first-order chi connectivity index (χ1) is 19.3. The fourth-order valence-corrected chi connectivity index (χ4v) is 5.73. The monoisotopic (exact) mass is 562 g/mol. The summed E-state index contributed by atoms with van der Waals surface area (Å²) >= 11 is 0. The Morgan fingerprint density at radius 2 is 1.63 bits per heavy atom. The molecule has 8 nitrogen and oxygen atoms in total. The van der Waals surface area contributed by atoms with E-state index < -0.39 is 23.8 Å². The number of anilines is 1. The van der Waals surface area contributed by atoms with Crippen LogP contribution in [0.1, 0.15) is 104 Å². The van der Waals surface area contributed by atoms with Crippen molar-refractivity contribution >= 4 is 23.6 Å². The first-order valence-corrected chi connectivity index (χ1v) is 15.0. The highest BCUT2D eigenvalue weighted by molar-refractivity contribution is 6.04.